The van der Waals surface area contributed by atoms with Crippen LogP contribution in [0.25, 0.3) is 0 Å². The van der Waals surface area contributed by atoms with Gasteiger partial charge in [0.05, 0.1) is 34.6 Å². The van der Waals surface area contributed by atoms with Gasteiger partial charge in [-0.3, -0.25) is 4.79 Å². The average Bonchev–Trinajstić information content (AvgIpc) is 2.66. The van der Waals surface area contributed by atoms with Crippen molar-refractivity contribution in [3.8, 4) is 6.07 Å². The van der Waals surface area contributed by atoms with E-state index in [0.29, 0.717) is 38.9 Å². The van der Waals surface area contributed by atoms with Crippen molar-refractivity contribution in [1.82, 2.24) is 5.32 Å². The van der Waals surface area contributed by atoms with Crippen molar-refractivity contribution in [3.05, 3.63) is 56.7 Å². The number of carbonyl (C=O) groups is 2. The standard InChI is InChI=1S/C22H25ClN2O3S/c1-5-28-22(27)20-14(4)25-21(18(11-24)17(20)10-13(2)3)29-12-19(26)15-6-8-16(23)9-7-15/h6-9,13,17,25H,5,10,12H2,1-4H3/t17-/m1/s1. The van der Waals surface area contributed by atoms with E-state index in [9.17, 15) is 14.9 Å². The number of rotatable bonds is 8. The predicted octanol–water partition coefficient (Wildman–Crippen LogP) is 5.09. The zero-order valence-electron chi connectivity index (χ0n) is 17.0. The average molecular weight is 433 g/mol. The molecule has 0 saturated carbocycles. The molecule has 1 N–H and O–H groups in total. The van der Waals surface area contributed by atoms with Gasteiger partial charge in [-0.05, 0) is 50.5 Å². The molecule has 0 radical (unpaired) electrons. The molecule has 1 aliphatic rings. The number of benzene rings is 1. The minimum Gasteiger partial charge on any atom is -0.463 e. The molecule has 0 fully saturated rings. The van der Waals surface area contributed by atoms with Gasteiger partial charge in [-0.15, -0.1) is 0 Å². The Balaban J connectivity index is 2.28. The fourth-order valence-corrected chi connectivity index (χ4v) is 4.32. The van der Waals surface area contributed by atoms with Crippen LogP contribution in [0.15, 0.2) is 46.1 Å². The van der Waals surface area contributed by atoms with Crippen LogP contribution in [0.2, 0.25) is 5.02 Å². The second kappa shape index (κ2) is 10.5. The predicted molar refractivity (Wildman–Crippen MR) is 116 cm³/mol. The highest BCUT2D eigenvalue weighted by atomic mass is 35.5. The summed E-state index contributed by atoms with van der Waals surface area (Å²) in [6, 6.07) is 8.98. The number of ether oxygens (including phenoxy) is 1. The van der Waals surface area contributed by atoms with Gasteiger partial charge in [0.15, 0.2) is 5.78 Å². The number of dihydropyridines is 1. The molecule has 154 valence electrons. The highest BCUT2D eigenvalue weighted by Crippen LogP contribution is 2.38. The number of carbonyl (C=O) groups excluding carboxylic acids is 2. The smallest absolute Gasteiger partial charge is 0.336 e. The van der Waals surface area contributed by atoms with Crippen LogP contribution < -0.4 is 5.32 Å². The molecule has 7 heteroatoms. The highest BCUT2D eigenvalue weighted by Gasteiger charge is 2.34. The molecule has 1 aliphatic heterocycles. The minimum absolute atomic E-state index is 0.0588. The Labute approximate surface area is 181 Å². The van der Waals surface area contributed by atoms with E-state index in [0.717, 1.165) is 0 Å². The van der Waals surface area contributed by atoms with Crippen LogP contribution in [0.5, 0.6) is 0 Å². The van der Waals surface area contributed by atoms with Gasteiger partial charge >= 0.3 is 5.97 Å². The molecule has 0 aliphatic carbocycles. The first kappa shape index (κ1) is 23.1. The molecule has 2 rings (SSSR count). The second-order valence-corrected chi connectivity index (χ2v) is 8.56. The number of hydrogen-bond donors (Lipinski definition) is 1. The number of esters is 1. The number of allylic oxidation sites excluding steroid dienone is 2. The van der Waals surface area contributed by atoms with Gasteiger partial charge in [0.2, 0.25) is 0 Å². The van der Waals surface area contributed by atoms with E-state index in [1.807, 2.05) is 13.8 Å². The fraction of sp³-hybridized carbons (Fsp3) is 0.409. The maximum absolute atomic E-state index is 12.5. The van der Waals surface area contributed by atoms with Gasteiger partial charge in [0.1, 0.15) is 0 Å². The van der Waals surface area contributed by atoms with Gasteiger partial charge in [-0.25, -0.2) is 4.79 Å². The van der Waals surface area contributed by atoms with E-state index in [-0.39, 0.29) is 30.0 Å². The van der Waals surface area contributed by atoms with E-state index in [2.05, 4.69) is 11.4 Å². The van der Waals surface area contributed by atoms with Crippen molar-refractivity contribution in [3.63, 3.8) is 0 Å². The Kier molecular flexibility index (Phi) is 8.36. The van der Waals surface area contributed by atoms with Gasteiger partial charge in [-0.1, -0.05) is 37.2 Å². The van der Waals surface area contributed by atoms with Crippen molar-refractivity contribution < 1.29 is 14.3 Å². The Morgan fingerprint density at radius 3 is 2.52 bits per heavy atom. The van der Waals surface area contributed by atoms with E-state index < -0.39 is 5.97 Å². The Hall–Kier alpha value is -2.23. The lowest BCUT2D eigenvalue weighted by molar-refractivity contribution is -0.139. The molecule has 0 unspecified atom stereocenters. The maximum Gasteiger partial charge on any atom is 0.336 e. The first-order valence-corrected chi connectivity index (χ1v) is 10.9. The molecule has 0 saturated heterocycles. The topological polar surface area (TPSA) is 79.2 Å². The number of nitrogens with one attached hydrogen (secondary N) is 1. The summed E-state index contributed by atoms with van der Waals surface area (Å²) in [7, 11) is 0. The fourth-order valence-electron chi connectivity index (χ4n) is 3.18. The molecule has 1 aromatic rings. The molecule has 29 heavy (non-hydrogen) atoms. The number of nitriles is 1. The number of Topliss-reactive ketones (excluding diaryl/α,β-unsaturated/α-hetero) is 1. The van der Waals surface area contributed by atoms with Crippen molar-refractivity contribution in [2.45, 2.75) is 34.1 Å². The Bertz CT molecular complexity index is 882. The molecule has 0 aromatic heterocycles. The monoisotopic (exact) mass is 432 g/mol. The molecule has 1 aromatic carbocycles. The van der Waals surface area contributed by atoms with Crippen LogP contribution in [-0.4, -0.2) is 24.1 Å². The number of thioether (sulfide) groups is 1. The molecular formula is C22H25ClN2O3S. The van der Waals surface area contributed by atoms with Gasteiger partial charge in [0.25, 0.3) is 0 Å². The van der Waals surface area contributed by atoms with Crippen molar-refractivity contribution in [2.75, 3.05) is 12.4 Å². The number of nitrogens with zero attached hydrogens (tertiary/aromatic N) is 1. The van der Waals surface area contributed by atoms with E-state index in [4.69, 9.17) is 16.3 Å². The normalized spacial score (nSPS) is 16.5. The summed E-state index contributed by atoms with van der Waals surface area (Å²) in [5.74, 6) is -0.367. The van der Waals surface area contributed by atoms with Gasteiger partial charge < -0.3 is 10.1 Å². The van der Waals surface area contributed by atoms with Crippen molar-refractivity contribution in [2.24, 2.45) is 11.8 Å². The summed E-state index contributed by atoms with van der Waals surface area (Å²) >= 11 is 7.15. The molecule has 1 heterocycles. The third-order valence-electron chi connectivity index (χ3n) is 4.48. The van der Waals surface area contributed by atoms with Crippen molar-refractivity contribution in [1.29, 1.82) is 5.26 Å². The van der Waals surface area contributed by atoms with Crippen LogP contribution >= 0.6 is 23.4 Å². The summed E-state index contributed by atoms with van der Waals surface area (Å²) < 4.78 is 5.22. The van der Waals surface area contributed by atoms with E-state index in [1.54, 1.807) is 38.1 Å². The summed E-state index contributed by atoms with van der Waals surface area (Å²) in [6.45, 7) is 7.92. The quantitative estimate of drug-likeness (QED) is 0.455. The largest absolute Gasteiger partial charge is 0.463 e. The first-order valence-electron chi connectivity index (χ1n) is 9.49. The van der Waals surface area contributed by atoms with Crippen LogP contribution in [0, 0.1) is 23.2 Å². The molecule has 1 atom stereocenters. The summed E-state index contributed by atoms with van der Waals surface area (Å²) in [4.78, 5) is 25.0. The highest BCUT2D eigenvalue weighted by molar-refractivity contribution is 8.03. The Morgan fingerprint density at radius 2 is 1.97 bits per heavy atom. The maximum atomic E-state index is 12.5. The zero-order chi connectivity index (χ0) is 21.6. The van der Waals surface area contributed by atoms with Crippen LogP contribution in [-0.2, 0) is 9.53 Å². The lowest BCUT2D eigenvalue weighted by atomic mass is 9.82. The van der Waals surface area contributed by atoms with Crippen molar-refractivity contribution >= 4 is 35.1 Å². The van der Waals surface area contributed by atoms with Crippen LogP contribution in [0.4, 0.5) is 0 Å². The van der Waals surface area contributed by atoms with Gasteiger partial charge in [-0.2, -0.15) is 5.26 Å². The summed E-state index contributed by atoms with van der Waals surface area (Å²) in [6.07, 6.45) is 0.644. The Morgan fingerprint density at radius 1 is 1.31 bits per heavy atom. The molecule has 0 spiro atoms. The lowest BCUT2D eigenvalue weighted by Crippen LogP contribution is -2.31. The lowest BCUT2D eigenvalue weighted by Gasteiger charge is -2.29. The van der Waals surface area contributed by atoms with Crippen LogP contribution in [0.1, 0.15) is 44.5 Å². The zero-order valence-corrected chi connectivity index (χ0v) is 18.6. The third-order valence-corrected chi connectivity index (χ3v) is 5.75. The molecule has 0 bridgehead atoms. The summed E-state index contributed by atoms with van der Waals surface area (Å²) in [5.41, 5.74) is 2.19. The number of hydrogen-bond acceptors (Lipinski definition) is 6. The minimum atomic E-state index is -0.405. The van der Waals surface area contributed by atoms with E-state index in [1.165, 1.54) is 11.8 Å². The number of halogens is 1. The molecular weight excluding hydrogens is 408 g/mol. The molecule has 5 nitrogen and oxygen atoms in total. The molecule has 0 amide bonds. The summed E-state index contributed by atoms with van der Waals surface area (Å²) in [5, 5.41) is 14.2. The van der Waals surface area contributed by atoms with E-state index >= 15 is 0 Å². The second-order valence-electron chi connectivity index (χ2n) is 7.14. The van der Waals surface area contributed by atoms with Crippen LogP contribution in [0.3, 0.4) is 0 Å². The number of ketones is 1. The first-order chi connectivity index (χ1) is 13.8. The van der Waals surface area contributed by atoms with Gasteiger partial charge in [0, 0.05) is 22.2 Å². The SMILES string of the molecule is CCOC(=O)C1=C(C)NC(SCC(=O)c2ccc(Cl)cc2)=C(C#N)[C@H]1CC(C)C. The third kappa shape index (κ3) is 5.88.